The zero-order valence-electron chi connectivity index (χ0n) is 19.6. The van der Waals surface area contributed by atoms with E-state index in [0.29, 0.717) is 24.8 Å². The van der Waals surface area contributed by atoms with Crippen LogP contribution in [0.3, 0.4) is 0 Å². The highest BCUT2D eigenvalue weighted by molar-refractivity contribution is 8.76. The molecule has 0 aliphatic carbocycles. The molecule has 0 aromatic heterocycles. The van der Waals surface area contributed by atoms with E-state index in [0.717, 1.165) is 34.6 Å². The van der Waals surface area contributed by atoms with Crippen LogP contribution in [0.2, 0.25) is 0 Å². The number of fused-ring (bicyclic) bond motifs is 2. The summed E-state index contributed by atoms with van der Waals surface area (Å²) in [5, 5.41) is 3.22. The molecule has 1 aliphatic heterocycles. The van der Waals surface area contributed by atoms with Gasteiger partial charge in [-0.3, -0.25) is 14.4 Å². The molecule has 0 saturated carbocycles. The SMILES string of the molecule is CC(CCC(=O)NS)SSCCNC(=O)CCC(=O)N1Cc2ccccc2C#Cc2ccccc21. The van der Waals surface area contributed by atoms with E-state index in [1.807, 2.05) is 48.5 Å². The quantitative estimate of drug-likeness (QED) is 0.175. The van der Waals surface area contributed by atoms with Gasteiger partial charge >= 0.3 is 0 Å². The van der Waals surface area contributed by atoms with E-state index in [1.165, 1.54) is 0 Å². The summed E-state index contributed by atoms with van der Waals surface area (Å²) >= 11 is 3.75. The fourth-order valence-corrected chi connectivity index (χ4v) is 5.85. The first-order valence-corrected chi connectivity index (χ1v) is 14.3. The molecular formula is C26H29N3O3S3. The second-order valence-corrected chi connectivity index (χ2v) is 11.2. The van der Waals surface area contributed by atoms with Gasteiger partial charge in [-0.15, -0.1) is 0 Å². The number of hydrogen-bond donors (Lipinski definition) is 3. The van der Waals surface area contributed by atoms with Crippen LogP contribution in [0, 0.1) is 11.8 Å². The number of carbonyl (C=O) groups is 3. The Bertz CT molecular complexity index is 1110. The molecule has 0 fully saturated rings. The van der Waals surface area contributed by atoms with Crippen molar-refractivity contribution in [3.63, 3.8) is 0 Å². The maximum Gasteiger partial charge on any atom is 0.229 e. The predicted octanol–water partition coefficient (Wildman–Crippen LogP) is 4.34. The molecule has 1 heterocycles. The Morgan fingerprint density at radius 3 is 2.51 bits per heavy atom. The monoisotopic (exact) mass is 527 g/mol. The number of para-hydroxylation sites is 1. The topological polar surface area (TPSA) is 78.5 Å². The van der Waals surface area contributed by atoms with Crippen LogP contribution in [0.4, 0.5) is 5.69 Å². The summed E-state index contributed by atoms with van der Waals surface area (Å²) < 4.78 is 2.32. The number of thiol groups is 1. The molecule has 1 atom stereocenters. The molecule has 35 heavy (non-hydrogen) atoms. The Morgan fingerprint density at radius 1 is 1.00 bits per heavy atom. The molecule has 2 aromatic carbocycles. The molecule has 2 N–H and O–H groups in total. The Kier molecular flexibility index (Phi) is 10.9. The normalized spacial score (nSPS) is 12.7. The van der Waals surface area contributed by atoms with Crippen LogP contribution in [0.1, 0.15) is 49.3 Å². The molecule has 184 valence electrons. The third kappa shape index (κ3) is 8.57. The smallest absolute Gasteiger partial charge is 0.229 e. The first-order chi connectivity index (χ1) is 17.0. The second kappa shape index (κ2) is 14.1. The number of carbonyl (C=O) groups excluding carboxylic acids is 3. The van der Waals surface area contributed by atoms with Crippen molar-refractivity contribution in [2.24, 2.45) is 0 Å². The lowest BCUT2D eigenvalue weighted by molar-refractivity contribution is -0.125. The first kappa shape index (κ1) is 27.1. The molecule has 0 bridgehead atoms. The maximum atomic E-state index is 13.2. The molecule has 0 saturated heterocycles. The van der Waals surface area contributed by atoms with E-state index in [1.54, 1.807) is 26.5 Å². The number of benzene rings is 2. The third-order valence-corrected chi connectivity index (χ3v) is 8.60. The van der Waals surface area contributed by atoms with Gasteiger partial charge in [0.25, 0.3) is 0 Å². The van der Waals surface area contributed by atoms with Gasteiger partial charge in [-0.25, -0.2) is 0 Å². The maximum absolute atomic E-state index is 13.2. The van der Waals surface area contributed by atoms with Crippen molar-refractivity contribution >= 4 is 57.8 Å². The van der Waals surface area contributed by atoms with Crippen molar-refractivity contribution in [2.75, 3.05) is 17.2 Å². The lowest BCUT2D eigenvalue weighted by atomic mass is 10.0. The van der Waals surface area contributed by atoms with Crippen LogP contribution in [0.25, 0.3) is 0 Å². The fourth-order valence-electron chi connectivity index (χ4n) is 3.49. The van der Waals surface area contributed by atoms with Crippen molar-refractivity contribution in [3.05, 3.63) is 65.2 Å². The summed E-state index contributed by atoms with van der Waals surface area (Å²) in [6, 6.07) is 15.4. The molecule has 1 unspecified atom stereocenters. The fraction of sp³-hybridized carbons (Fsp3) is 0.346. The van der Waals surface area contributed by atoms with Crippen molar-refractivity contribution < 1.29 is 14.4 Å². The zero-order valence-corrected chi connectivity index (χ0v) is 22.1. The Labute approximate surface area is 220 Å². The van der Waals surface area contributed by atoms with Crippen LogP contribution in [0.15, 0.2) is 48.5 Å². The summed E-state index contributed by atoms with van der Waals surface area (Å²) in [6.45, 7) is 3.02. The molecule has 2 aromatic rings. The van der Waals surface area contributed by atoms with Gasteiger partial charge in [0.05, 0.1) is 12.2 Å². The number of nitrogens with one attached hydrogen (secondary N) is 2. The van der Waals surface area contributed by atoms with Gasteiger partial charge in [0.1, 0.15) is 0 Å². The highest BCUT2D eigenvalue weighted by atomic mass is 33.1. The number of amides is 3. The third-order valence-electron chi connectivity index (χ3n) is 5.38. The van der Waals surface area contributed by atoms with E-state index in [9.17, 15) is 14.4 Å². The predicted molar refractivity (Wildman–Crippen MR) is 148 cm³/mol. The van der Waals surface area contributed by atoms with Crippen LogP contribution in [-0.2, 0) is 20.9 Å². The van der Waals surface area contributed by atoms with Crippen LogP contribution in [-0.4, -0.2) is 35.3 Å². The zero-order chi connectivity index (χ0) is 25.0. The van der Waals surface area contributed by atoms with E-state index in [4.69, 9.17) is 0 Å². The number of anilines is 1. The minimum Gasteiger partial charge on any atom is -0.355 e. The van der Waals surface area contributed by atoms with Crippen LogP contribution < -0.4 is 14.9 Å². The molecular weight excluding hydrogens is 499 g/mol. The van der Waals surface area contributed by atoms with Crippen molar-refractivity contribution in [1.82, 2.24) is 10.0 Å². The molecule has 3 amide bonds. The van der Waals surface area contributed by atoms with E-state index >= 15 is 0 Å². The summed E-state index contributed by atoms with van der Waals surface area (Å²) in [5.74, 6) is 6.83. The van der Waals surface area contributed by atoms with E-state index in [2.05, 4.69) is 41.6 Å². The van der Waals surface area contributed by atoms with Crippen LogP contribution in [0.5, 0.6) is 0 Å². The van der Waals surface area contributed by atoms with Gasteiger partial charge in [0, 0.05) is 47.9 Å². The van der Waals surface area contributed by atoms with Gasteiger partial charge in [-0.2, -0.15) is 0 Å². The van der Waals surface area contributed by atoms with Gasteiger partial charge in [-0.05, 0) is 30.2 Å². The minimum absolute atomic E-state index is 0.0797. The molecule has 0 spiro atoms. The average Bonchev–Trinajstić information content (AvgIpc) is 2.87. The van der Waals surface area contributed by atoms with Gasteiger partial charge < -0.3 is 14.9 Å². The molecule has 3 rings (SSSR count). The Balaban J connectivity index is 1.46. The summed E-state index contributed by atoms with van der Waals surface area (Å²) in [6.07, 6.45) is 1.48. The summed E-state index contributed by atoms with van der Waals surface area (Å²) in [5.41, 5.74) is 3.47. The van der Waals surface area contributed by atoms with Crippen molar-refractivity contribution in [3.8, 4) is 11.8 Å². The highest BCUT2D eigenvalue weighted by Gasteiger charge is 2.21. The molecule has 6 nitrogen and oxygen atoms in total. The van der Waals surface area contributed by atoms with Crippen molar-refractivity contribution in [1.29, 1.82) is 0 Å². The molecule has 1 aliphatic rings. The van der Waals surface area contributed by atoms with E-state index < -0.39 is 0 Å². The first-order valence-electron chi connectivity index (χ1n) is 11.4. The summed E-state index contributed by atoms with van der Waals surface area (Å²) in [7, 11) is 3.36. The lowest BCUT2D eigenvalue weighted by Crippen LogP contribution is -2.33. The number of hydrogen-bond acceptors (Lipinski definition) is 6. The molecule has 0 radical (unpaired) electrons. The Morgan fingerprint density at radius 2 is 1.71 bits per heavy atom. The minimum atomic E-state index is -0.136. The second-order valence-electron chi connectivity index (χ2n) is 8.06. The van der Waals surface area contributed by atoms with Crippen LogP contribution >= 0.6 is 34.4 Å². The summed E-state index contributed by atoms with van der Waals surface area (Å²) in [4.78, 5) is 38.5. The largest absolute Gasteiger partial charge is 0.355 e. The Hall–Kier alpha value is -2.54. The standard InChI is InChI=1S/C26H29N3O3S3/c1-19(10-13-25(31)28-33)35-34-17-16-27-24(30)14-15-26(32)29-18-22-8-3-2-6-20(22)11-12-21-7-4-5-9-23(21)29/h2-9,19,33H,10,13-18H2,1H3,(H,27,30)(H,28,31). The van der Waals surface area contributed by atoms with Gasteiger partial charge in [0.2, 0.25) is 17.7 Å². The lowest BCUT2D eigenvalue weighted by Gasteiger charge is -2.26. The highest BCUT2D eigenvalue weighted by Crippen LogP contribution is 2.29. The van der Waals surface area contributed by atoms with Gasteiger partial charge in [0.15, 0.2) is 0 Å². The van der Waals surface area contributed by atoms with Gasteiger partial charge in [-0.1, -0.05) is 83.5 Å². The average molecular weight is 528 g/mol. The molecule has 9 heteroatoms. The van der Waals surface area contributed by atoms with Crippen molar-refractivity contribution in [2.45, 2.75) is 44.4 Å². The van der Waals surface area contributed by atoms with E-state index in [-0.39, 0.29) is 30.6 Å². The number of nitrogens with zero attached hydrogens (tertiary/aromatic N) is 1. The number of rotatable bonds is 11.